The van der Waals surface area contributed by atoms with Crippen molar-refractivity contribution in [3.63, 3.8) is 0 Å². The molecule has 1 aliphatic heterocycles. The molecule has 1 saturated heterocycles. The number of benzene rings is 1. The van der Waals surface area contributed by atoms with Gasteiger partial charge < -0.3 is 9.64 Å². The maximum Gasteiger partial charge on any atom is 0.305 e. The van der Waals surface area contributed by atoms with E-state index < -0.39 is 0 Å². The van der Waals surface area contributed by atoms with Gasteiger partial charge in [0.05, 0.1) is 23.4 Å². The number of likely N-dealkylation sites (tertiary alicyclic amines) is 1. The average molecular weight is 364 g/mol. The predicted molar refractivity (Wildman–Crippen MR) is 89.4 cm³/mol. The molecule has 1 fully saturated rings. The van der Waals surface area contributed by atoms with Crippen LogP contribution >= 0.6 is 11.6 Å². The van der Waals surface area contributed by atoms with Crippen LogP contribution in [0.1, 0.15) is 29.6 Å². The Bertz CT molecular complexity index is 757. The highest BCUT2D eigenvalue weighted by molar-refractivity contribution is 6.33. The average Bonchev–Trinajstić information content (AvgIpc) is 3.17. The first-order chi connectivity index (χ1) is 12.1. The third kappa shape index (κ3) is 3.96. The number of tetrazole rings is 1. The van der Waals surface area contributed by atoms with Crippen molar-refractivity contribution in [1.82, 2.24) is 25.1 Å². The Morgan fingerprint density at radius 1 is 1.32 bits per heavy atom. The first-order valence-electron chi connectivity index (χ1n) is 7.97. The number of carbonyl (C=O) groups excluding carboxylic acids is 2. The number of halogens is 1. The Balaban J connectivity index is 1.69. The number of carbonyl (C=O) groups is 2. The number of amides is 1. The molecule has 3 rings (SSSR count). The number of ether oxygens (including phenoxy) is 1. The van der Waals surface area contributed by atoms with Crippen molar-refractivity contribution in [3.05, 3.63) is 35.1 Å². The molecule has 0 N–H and O–H groups in total. The summed E-state index contributed by atoms with van der Waals surface area (Å²) in [7, 11) is 1.39. The van der Waals surface area contributed by atoms with E-state index in [0.29, 0.717) is 35.8 Å². The second-order valence-electron chi connectivity index (χ2n) is 5.93. The molecule has 132 valence electrons. The summed E-state index contributed by atoms with van der Waals surface area (Å²) in [5, 5.41) is 11.4. The maximum atomic E-state index is 12.8. The molecule has 1 aromatic carbocycles. The van der Waals surface area contributed by atoms with Crippen molar-refractivity contribution in [2.24, 2.45) is 5.92 Å². The molecule has 0 bridgehead atoms. The van der Waals surface area contributed by atoms with E-state index in [-0.39, 0.29) is 17.8 Å². The lowest BCUT2D eigenvalue weighted by molar-refractivity contribution is -0.142. The lowest BCUT2D eigenvalue weighted by Gasteiger charge is -2.31. The van der Waals surface area contributed by atoms with Crippen molar-refractivity contribution in [2.45, 2.75) is 19.3 Å². The van der Waals surface area contributed by atoms with Crippen LogP contribution in [0.25, 0.3) is 5.69 Å². The zero-order valence-corrected chi connectivity index (χ0v) is 14.5. The molecule has 0 atom stereocenters. The van der Waals surface area contributed by atoms with Crippen LogP contribution in [0.2, 0.25) is 5.02 Å². The van der Waals surface area contributed by atoms with Gasteiger partial charge in [-0.1, -0.05) is 11.6 Å². The predicted octanol–water partition coefficient (Wildman–Crippen LogP) is 1.73. The van der Waals surface area contributed by atoms with E-state index in [1.807, 2.05) is 0 Å². The Kier molecular flexibility index (Phi) is 5.28. The minimum atomic E-state index is -0.207. The monoisotopic (exact) mass is 363 g/mol. The van der Waals surface area contributed by atoms with E-state index in [2.05, 4.69) is 15.5 Å². The fourth-order valence-corrected chi connectivity index (χ4v) is 3.13. The fraction of sp³-hybridized carbons (Fsp3) is 0.438. The Hall–Kier alpha value is -2.48. The van der Waals surface area contributed by atoms with E-state index in [0.717, 1.165) is 12.8 Å². The minimum Gasteiger partial charge on any atom is -0.469 e. The van der Waals surface area contributed by atoms with Crippen LogP contribution in [0, 0.1) is 5.92 Å². The van der Waals surface area contributed by atoms with E-state index in [1.54, 1.807) is 23.1 Å². The number of esters is 1. The zero-order valence-electron chi connectivity index (χ0n) is 13.8. The molecule has 2 heterocycles. The molecule has 1 amide bonds. The molecule has 1 aromatic heterocycles. The second-order valence-corrected chi connectivity index (χ2v) is 6.34. The Labute approximate surface area is 149 Å². The molecular formula is C16H18ClN5O3. The highest BCUT2D eigenvalue weighted by Gasteiger charge is 2.26. The summed E-state index contributed by atoms with van der Waals surface area (Å²) in [5.41, 5.74) is 1.08. The van der Waals surface area contributed by atoms with Crippen LogP contribution in [0.5, 0.6) is 0 Å². The van der Waals surface area contributed by atoms with Crippen LogP contribution in [0.4, 0.5) is 0 Å². The smallest absolute Gasteiger partial charge is 0.305 e. The van der Waals surface area contributed by atoms with Gasteiger partial charge in [-0.3, -0.25) is 9.59 Å². The highest BCUT2D eigenvalue weighted by atomic mass is 35.5. The lowest BCUT2D eigenvalue weighted by atomic mass is 9.93. The Morgan fingerprint density at radius 2 is 2.08 bits per heavy atom. The van der Waals surface area contributed by atoms with E-state index in [4.69, 9.17) is 16.3 Å². The van der Waals surface area contributed by atoms with Crippen molar-refractivity contribution >= 4 is 23.5 Å². The number of nitrogens with zero attached hydrogens (tertiary/aromatic N) is 5. The van der Waals surface area contributed by atoms with Crippen molar-refractivity contribution in [1.29, 1.82) is 0 Å². The first-order valence-corrected chi connectivity index (χ1v) is 8.35. The van der Waals surface area contributed by atoms with E-state index in [9.17, 15) is 9.59 Å². The maximum absolute atomic E-state index is 12.8. The molecule has 0 radical (unpaired) electrons. The van der Waals surface area contributed by atoms with Gasteiger partial charge >= 0.3 is 5.97 Å². The molecule has 8 nitrogen and oxygen atoms in total. The molecular weight excluding hydrogens is 346 g/mol. The number of methoxy groups -OCH3 is 1. The highest BCUT2D eigenvalue weighted by Crippen LogP contribution is 2.25. The van der Waals surface area contributed by atoms with Gasteiger partial charge in [0.25, 0.3) is 5.91 Å². The number of hydrogen-bond donors (Lipinski definition) is 0. The third-order valence-electron chi connectivity index (χ3n) is 4.38. The molecule has 1 aliphatic rings. The summed E-state index contributed by atoms with van der Waals surface area (Å²) in [6, 6.07) is 5.09. The Morgan fingerprint density at radius 3 is 2.72 bits per heavy atom. The third-order valence-corrected chi connectivity index (χ3v) is 4.71. The first kappa shape index (κ1) is 17.3. The molecule has 25 heavy (non-hydrogen) atoms. The summed E-state index contributed by atoms with van der Waals surface area (Å²) in [6.45, 7) is 1.18. The van der Waals surface area contributed by atoms with Crippen molar-refractivity contribution < 1.29 is 14.3 Å². The molecule has 0 unspecified atom stereocenters. The SMILES string of the molecule is COC(=O)CC1CCN(C(=O)c2cc(-n3cnnn3)ccc2Cl)CC1. The molecule has 9 heteroatoms. The lowest BCUT2D eigenvalue weighted by Crippen LogP contribution is -2.39. The standard InChI is InChI=1S/C16H18ClN5O3/c1-25-15(23)8-11-4-6-21(7-5-11)16(24)13-9-12(2-3-14(13)17)22-10-18-19-20-22/h2-3,9-11H,4-8H2,1H3. The van der Waals surface area contributed by atoms with Crippen LogP contribution in [0.15, 0.2) is 24.5 Å². The number of aromatic nitrogens is 4. The minimum absolute atomic E-state index is 0.128. The van der Waals surface area contributed by atoms with Crippen LogP contribution in [0.3, 0.4) is 0 Å². The van der Waals surface area contributed by atoms with Crippen molar-refractivity contribution in [3.8, 4) is 5.69 Å². The van der Waals surface area contributed by atoms with Gasteiger partial charge in [-0.25, -0.2) is 4.68 Å². The summed E-state index contributed by atoms with van der Waals surface area (Å²) >= 11 is 6.22. The number of hydrogen-bond acceptors (Lipinski definition) is 6. The van der Waals surface area contributed by atoms with Gasteiger partial charge in [0.1, 0.15) is 6.33 Å². The summed E-state index contributed by atoms with van der Waals surface area (Å²) in [5.74, 6) is -0.0852. The van der Waals surface area contributed by atoms with Crippen LogP contribution in [-0.2, 0) is 9.53 Å². The molecule has 2 aromatic rings. The van der Waals surface area contributed by atoms with Gasteiger partial charge in [0.2, 0.25) is 0 Å². The molecule has 0 spiro atoms. The van der Waals surface area contributed by atoms with Crippen LogP contribution < -0.4 is 0 Å². The van der Waals surface area contributed by atoms with Gasteiger partial charge in [-0.2, -0.15) is 0 Å². The molecule has 0 aliphatic carbocycles. The largest absolute Gasteiger partial charge is 0.469 e. The quantitative estimate of drug-likeness (QED) is 0.768. The van der Waals surface area contributed by atoms with E-state index in [1.165, 1.54) is 18.1 Å². The van der Waals surface area contributed by atoms with E-state index >= 15 is 0 Å². The van der Waals surface area contributed by atoms with Crippen LogP contribution in [-0.4, -0.2) is 57.2 Å². The fourth-order valence-electron chi connectivity index (χ4n) is 2.93. The summed E-state index contributed by atoms with van der Waals surface area (Å²) in [4.78, 5) is 26.0. The van der Waals surface area contributed by atoms with Gasteiger partial charge in [0.15, 0.2) is 0 Å². The second kappa shape index (κ2) is 7.60. The summed E-state index contributed by atoms with van der Waals surface area (Å²) in [6.07, 6.45) is 3.39. The normalized spacial score (nSPS) is 15.2. The number of piperidine rings is 1. The molecule has 0 saturated carbocycles. The number of rotatable bonds is 4. The topological polar surface area (TPSA) is 90.2 Å². The van der Waals surface area contributed by atoms with Crippen molar-refractivity contribution in [2.75, 3.05) is 20.2 Å². The zero-order chi connectivity index (χ0) is 17.8. The van der Waals surface area contributed by atoms with Gasteiger partial charge in [0, 0.05) is 19.5 Å². The van der Waals surface area contributed by atoms with Gasteiger partial charge in [-0.05, 0) is 47.4 Å². The van der Waals surface area contributed by atoms with Gasteiger partial charge in [-0.15, -0.1) is 5.10 Å². The summed E-state index contributed by atoms with van der Waals surface area (Å²) < 4.78 is 6.17.